The molecule has 1 aromatic heterocycles. The van der Waals surface area contributed by atoms with Gasteiger partial charge in [0.25, 0.3) is 0 Å². The molecule has 0 aliphatic carbocycles. The molecule has 10 heteroatoms. The van der Waals surface area contributed by atoms with E-state index < -0.39 is 9.84 Å². The Hall–Kier alpha value is -2.62. The average Bonchev–Trinajstić information content (AvgIpc) is 2.93. The van der Waals surface area contributed by atoms with Crippen LogP contribution in [0.3, 0.4) is 0 Å². The van der Waals surface area contributed by atoms with E-state index in [-0.39, 0.29) is 23.5 Å². The lowest BCUT2D eigenvalue weighted by Crippen LogP contribution is -2.22. The van der Waals surface area contributed by atoms with Crippen molar-refractivity contribution in [2.75, 3.05) is 36.4 Å². The van der Waals surface area contributed by atoms with Crippen molar-refractivity contribution in [1.82, 2.24) is 15.2 Å². The summed E-state index contributed by atoms with van der Waals surface area (Å²) in [4.78, 5) is 4.31. The van der Waals surface area contributed by atoms with Crippen LogP contribution < -0.4 is 20.1 Å². The summed E-state index contributed by atoms with van der Waals surface area (Å²) in [5.41, 5.74) is 0.743. The number of hydrogen-bond donors (Lipinski definition) is 2. The first-order chi connectivity index (χ1) is 12.0. The molecule has 0 saturated carbocycles. The lowest BCUT2D eigenvalue weighted by Gasteiger charge is -2.12. The molecular formula is C15H19N5O4S. The molecule has 2 aromatic rings. The Morgan fingerprint density at radius 2 is 2.00 bits per heavy atom. The number of aromatic nitrogens is 3. The second-order valence-corrected chi connectivity index (χ2v) is 7.83. The van der Waals surface area contributed by atoms with Crippen molar-refractivity contribution in [3.05, 3.63) is 24.4 Å². The number of methoxy groups -OCH3 is 2. The summed E-state index contributed by atoms with van der Waals surface area (Å²) in [5, 5.41) is 13.9. The van der Waals surface area contributed by atoms with E-state index in [0.717, 1.165) is 5.69 Å². The van der Waals surface area contributed by atoms with Crippen molar-refractivity contribution in [2.24, 2.45) is 0 Å². The molecule has 1 aliphatic heterocycles. The number of nitrogens with one attached hydrogen (secondary N) is 2. The third-order valence-electron chi connectivity index (χ3n) is 3.78. The molecule has 25 heavy (non-hydrogen) atoms. The van der Waals surface area contributed by atoms with Crippen molar-refractivity contribution in [3.63, 3.8) is 0 Å². The average molecular weight is 365 g/mol. The van der Waals surface area contributed by atoms with Crippen LogP contribution in [0, 0.1) is 0 Å². The highest BCUT2D eigenvalue weighted by Gasteiger charge is 2.28. The number of nitrogens with zero attached hydrogens (tertiary/aromatic N) is 3. The lowest BCUT2D eigenvalue weighted by molar-refractivity contribution is 0.355. The molecule has 1 aliphatic rings. The Morgan fingerprint density at radius 3 is 2.68 bits per heavy atom. The van der Waals surface area contributed by atoms with E-state index in [4.69, 9.17) is 9.47 Å². The van der Waals surface area contributed by atoms with E-state index in [1.807, 2.05) is 6.07 Å². The number of ether oxygens (including phenoxy) is 2. The van der Waals surface area contributed by atoms with Gasteiger partial charge in [-0.15, -0.1) is 5.10 Å². The van der Waals surface area contributed by atoms with Crippen LogP contribution in [0.1, 0.15) is 6.42 Å². The zero-order chi connectivity index (χ0) is 17.9. The van der Waals surface area contributed by atoms with Crippen LogP contribution in [-0.2, 0) is 9.84 Å². The van der Waals surface area contributed by atoms with Gasteiger partial charge in [-0.05, 0) is 18.6 Å². The number of rotatable bonds is 6. The summed E-state index contributed by atoms with van der Waals surface area (Å²) in [5.74, 6) is 2.24. The van der Waals surface area contributed by atoms with Crippen LogP contribution in [0.2, 0.25) is 0 Å². The van der Waals surface area contributed by atoms with Crippen LogP contribution in [0.5, 0.6) is 11.5 Å². The van der Waals surface area contributed by atoms with Crippen molar-refractivity contribution < 1.29 is 17.9 Å². The molecule has 1 saturated heterocycles. The molecule has 9 nitrogen and oxygen atoms in total. The van der Waals surface area contributed by atoms with Gasteiger partial charge in [0, 0.05) is 17.8 Å². The van der Waals surface area contributed by atoms with Crippen molar-refractivity contribution >= 4 is 27.3 Å². The quantitative estimate of drug-likeness (QED) is 0.779. The summed E-state index contributed by atoms with van der Waals surface area (Å²) in [6.07, 6.45) is 2.02. The molecule has 1 fully saturated rings. The van der Waals surface area contributed by atoms with Crippen LogP contribution in [0.4, 0.5) is 17.5 Å². The van der Waals surface area contributed by atoms with Gasteiger partial charge in [0.05, 0.1) is 31.9 Å². The smallest absolute Gasteiger partial charge is 0.244 e. The fourth-order valence-corrected chi connectivity index (χ4v) is 4.25. The van der Waals surface area contributed by atoms with Gasteiger partial charge < -0.3 is 20.1 Å². The van der Waals surface area contributed by atoms with Gasteiger partial charge in [-0.1, -0.05) is 0 Å². The molecule has 1 unspecified atom stereocenters. The van der Waals surface area contributed by atoms with Crippen LogP contribution in [0.15, 0.2) is 24.4 Å². The summed E-state index contributed by atoms with van der Waals surface area (Å²) in [6, 6.07) is 5.18. The third-order valence-corrected chi connectivity index (χ3v) is 5.55. The predicted octanol–water partition coefficient (Wildman–Crippen LogP) is 1.23. The van der Waals surface area contributed by atoms with Gasteiger partial charge in [0.1, 0.15) is 0 Å². The summed E-state index contributed by atoms with van der Waals surface area (Å²) in [7, 11) is 0.163. The minimum Gasteiger partial charge on any atom is -0.493 e. The van der Waals surface area contributed by atoms with Crippen LogP contribution in [-0.4, -0.2) is 55.4 Å². The van der Waals surface area contributed by atoms with E-state index in [1.54, 1.807) is 26.4 Å². The summed E-state index contributed by atoms with van der Waals surface area (Å²) < 4.78 is 33.5. The maximum Gasteiger partial charge on any atom is 0.244 e. The maximum atomic E-state index is 11.5. The first kappa shape index (κ1) is 17.2. The zero-order valence-corrected chi connectivity index (χ0v) is 14.7. The molecule has 0 bridgehead atoms. The second kappa shape index (κ2) is 7.09. The Kier molecular flexibility index (Phi) is 4.88. The van der Waals surface area contributed by atoms with Crippen molar-refractivity contribution in [1.29, 1.82) is 0 Å². The number of hydrogen-bond acceptors (Lipinski definition) is 9. The highest BCUT2D eigenvalue weighted by atomic mass is 32.2. The molecule has 134 valence electrons. The van der Waals surface area contributed by atoms with Gasteiger partial charge in [-0.25, -0.2) is 8.42 Å². The first-order valence-electron chi connectivity index (χ1n) is 7.65. The maximum absolute atomic E-state index is 11.5. The third kappa shape index (κ3) is 4.27. The molecular weight excluding hydrogens is 346 g/mol. The van der Waals surface area contributed by atoms with Crippen LogP contribution >= 0.6 is 0 Å². The Balaban J connectivity index is 1.71. The molecule has 0 spiro atoms. The van der Waals surface area contributed by atoms with Gasteiger partial charge in [0.2, 0.25) is 5.95 Å². The van der Waals surface area contributed by atoms with Crippen LogP contribution in [0.25, 0.3) is 0 Å². The van der Waals surface area contributed by atoms with Crippen molar-refractivity contribution in [2.45, 2.75) is 12.5 Å². The van der Waals surface area contributed by atoms with Gasteiger partial charge in [0.15, 0.2) is 27.2 Å². The predicted molar refractivity (Wildman–Crippen MR) is 93.3 cm³/mol. The number of sulfone groups is 1. The number of anilines is 3. The fourth-order valence-electron chi connectivity index (χ4n) is 2.58. The Morgan fingerprint density at radius 1 is 1.20 bits per heavy atom. The monoisotopic (exact) mass is 365 g/mol. The zero-order valence-electron chi connectivity index (χ0n) is 13.9. The normalized spacial score (nSPS) is 18.6. The number of benzene rings is 1. The van der Waals surface area contributed by atoms with Crippen molar-refractivity contribution in [3.8, 4) is 11.5 Å². The molecule has 3 rings (SSSR count). The molecule has 0 amide bonds. The van der Waals surface area contributed by atoms with E-state index in [0.29, 0.717) is 23.7 Å². The van der Waals surface area contributed by atoms with E-state index >= 15 is 0 Å². The topological polar surface area (TPSA) is 115 Å². The highest BCUT2D eigenvalue weighted by Crippen LogP contribution is 2.30. The van der Waals surface area contributed by atoms with Gasteiger partial charge >= 0.3 is 0 Å². The second-order valence-electron chi connectivity index (χ2n) is 5.60. The highest BCUT2D eigenvalue weighted by molar-refractivity contribution is 7.91. The Bertz CT molecular complexity index is 859. The minimum absolute atomic E-state index is 0.0870. The summed E-state index contributed by atoms with van der Waals surface area (Å²) >= 11 is 0. The van der Waals surface area contributed by atoms with E-state index in [9.17, 15) is 8.42 Å². The molecule has 1 atom stereocenters. The fraction of sp³-hybridized carbons (Fsp3) is 0.400. The van der Waals surface area contributed by atoms with Gasteiger partial charge in [-0.2, -0.15) is 10.1 Å². The first-order valence-corrected chi connectivity index (χ1v) is 9.47. The molecule has 0 radical (unpaired) electrons. The summed E-state index contributed by atoms with van der Waals surface area (Å²) in [6.45, 7) is 0. The largest absolute Gasteiger partial charge is 0.493 e. The lowest BCUT2D eigenvalue weighted by atomic mass is 10.2. The SMILES string of the molecule is COc1ccc(Nc2cnnc(NC3CCS(=O)(=O)C3)n2)cc1OC. The minimum atomic E-state index is -2.97. The molecule has 2 heterocycles. The van der Waals surface area contributed by atoms with E-state index in [1.165, 1.54) is 6.20 Å². The molecule has 1 aromatic carbocycles. The standard InChI is InChI=1S/C15H19N5O4S/c1-23-12-4-3-10(7-13(12)24-2)17-14-8-16-20-15(19-14)18-11-5-6-25(21,22)9-11/h3-4,7-8,11H,5-6,9H2,1-2H3,(H2,17,18,19,20). The Labute approximate surface area is 145 Å². The van der Waals surface area contributed by atoms with Gasteiger partial charge in [-0.3, -0.25) is 0 Å². The molecule has 2 N–H and O–H groups in total. The van der Waals surface area contributed by atoms with E-state index in [2.05, 4.69) is 25.8 Å².